The van der Waals surface area contributed by atoms with Gasteiger partial charge in [0.05, 0.1) is 22.5 Å². The van der Waals surface area contributed by atoms with Crippen LogP contribution in [0.3, 0.4) is 0 Å². The molecule has 236 valence electrons. The zero-order chi connectivity index (χ0) is 31.2. The molecule has 2 N–H and O–H groups in total. The van der Waals surface area contributed by atoms with Crippen molar-refractivity contribution in [2.24, 2.45) is 11.7 Å². The number of nitrogens with two attached hydrogens (primary N) is 1. The molecule has 1 aliphatic carbocycles. The summed E-state index contributed by atoms with van der Waals surface area (Å²) in [6.45, 7) is 4.92. The second kappa shape index (κ2) is 15.2. The number of hydrogen-bond acceptors (Lipinski definition) is 6. The minimum absolute atomic E-state index is 0.0404. The lowest BCUT2D eigenvalue weighted by Gasteiger charge is -2.28. The number of carbonyl (C=O) groups excluding carboxylic acids is 1. The van der Waals surface area contributed by atoms with Crippen LogP contribution in [0.1, 0.15) is 47.9 Å². The van der Waals surface area contributed by atoms with Gasteiger partial charge in [-0.15, -0.1) is 0 Å². The number of halogens is 3. The van der Waals surface area contributed by atoms with E-state index in [1.807, 2.05) is 48.4 Å². The van der Waals surface area contributed by atoms with Gasteiger partial charge in [0, 0.05) is 57.0 Å². The van der Waals surface area contributed by atoms with Gasteiger partial charge < -0.3 is 25.0 Å². The van der Waals surface area contributed by atoms with Gasteiger partial charge in [0.25, 0.3) is 0 Å². The fourth-order valence-corrected chi connectivity index (χ4v) is 6.66. The Hall–Kier alpha value is -2.55. The third kappa shape index (κ3) is 8.38. The number of rotatable bonds is 14. The minimum atomic E-state index is -0.333. The summed E-state index contributed by atoms with van der Waals surface area (Å²) in [5.41, 5.74) is 10.3. The molecule has 2 aliphatic rings. The number of ether oxygens (including phenoxy) is 2. The average Bonchev–Trinajstić information content (AvgIpc) is 3.74. The molecule has 44 heavy (non-hydrogen) atoms. The van der Waals surface area contributed by atoms with E-state index in [2.05, 4.69) is 17.0 Å². The van der Waals surface area contributed by atoms with Crippen LogP contribution in [-0.2, 0) is 28.9 Å². The van der Waals surface area contributed by atoms with E-state index in [0.29, 0.717) is 46.9 Å². The molecule has 7 nitrogen and oxygen atoms in total. The number of anilines is 1. The maximum atomic E-state index is 13.8. The van der Waals surface area contributed by atoms with Crippen LogP contribution in [0, 0.1) is 12.8 Å². The number of nitrogens with zero attached hydrogens (tertiary/aromatic N) is 3. The zero-order valence-electron chi connectivity index (χ0n) is 25.4. The lowest BCUT2D eigenvalue weighted by Crippen LogP contribution is -2.41. The number of pyridine rings is 1. The van der Waals surface area contributed by atoms with E-state index in [9.17, 15) is 4.79 Å². The molecule has 0 spiro atoms. The first-order valence-electron chi connectivity index (χ1n) is 15.3. The molecule has 2 unspecified atom stereocenters. The summed E-state index contributed by atoms with van der Waals surface area (Å²) < 4.78 is 11.4. The van der Waals surface area contributed by atoms with Crippen molar-refractivity contribution in [1.29, 1.82) is 0 Å². The molecule has 1 aliphatic heterocycles. The number of carbonyl (C=O) groups is 1. The Morgan fingerprint density at radius 3 is 2.48 bits per heavy atom. The summed E-state index contributed by atoms with van der Waals surface area (Å²) >= 11 is 19.4. The number of aromatic nitrogens is 1. The van der Waals surface area contributed by atoms with Gasteiger partial charge in [0.1, 0.15) is 11.9 Å². The van der Waals surface area contributed by atoms with E-state index in [1.165, 1.54) is 5.56 Å². The van der Waals surface area contributed by atoms with Gasteiger partial charge in [0.2, 0.25) is 5.91 Å². The number of benzene rings is 2. The van der Waals surface area contributed by atoms with Crippen LogP contribution < -0.4 is 15.4 Å². The molecular formula is C34H41Cl3N4O3. The minimum Gasteiger partial charge on any atom is -0.485 e. The van der Waals surface area contributed by atoms with E-state index < -0.39 is 0 Å². The highest BCUT2D eigenvalue weighted by atomic mass is 35.5. The summed E-state index contributed by atoms with van der Waals surface area (Å²) in [4.78, 5) is 22.7. The second-order valence-electron chi connectivity index (χ2n) is 11.9. The van der Waals surface area contributed by atoms with Crippen LogP contribution in [0.5, 0.6) is 5.75 Å². The monoisotopic (exact) mass is 658 g/mol. The summed E-state index contributed by atoms with van der Waals surface area (Å²) in [6, 6.07) is 14.1. The fourth-order valence-electron chi connectivity index (χ4n) is 5.80. The van der Waals surface area contributed by atoms with Crippen molar-refractivity contribution in [3.63, 3.8) is 0 Å². The largest absolute Gasteiger partial charge is 0.485 e. The molecule has 1 saturated carbocycles. The fraction of sp³-hybridized carbons (Fsp3) is 0.471. The third-order valence-electron chi connectivity index (χ3n) is 8.36. The predicted octanol–water partition coefficient (Wildman–Crippen LogP) is 6.90. The summed E-state index contributed by atoms with van der Waals surface area (Å²) in [5, 5.41) is 1.73. The van der Waals surface area contributed by atoms with Gasteiger partial charge in [-0.25, -0.2) is 4.98 Å². The van der Waals surface area contributed by atoms with E-state index in [1.54, 1.807) is 7.11 Å². The Balaban J connectivity index is 1.19. The Bertz CT molecular complexity index is 1410. The Morgan fingerprint density at radius 2 is 1.82 bits per heavy atom. The lowest BCUT2D eigenvalue weighted by atomic mass is 9.98. The van der Waals surface area contributed by atoms with Crippen molar-refractivity contribution >= 4 is 46.5 Å². The van der Waals surface area contributed by atoms with E-state index in [4.69, 9.17) is 55.0 Å². The summed E-state index contributed by atoms with van der Waals surface area (Å²) in [6.07, 6.45) is 7.05. The summed E-state index contributed by atoms with van der Waals surface area (Å²) in [5.74, 6) is 1.15. The molecule has 0 bridgehead atoms. The topological polar surface area (TPSA) is 80.9 Å². The molecular weight excluding hydrogens is 619 g/mol. The molecule has 2 atom stereocenters. The first kappa shape index (κ1) is 32.8. The van der Waals surface area contributed by atoms with Crippen LogP contribution >= 0.6 is 34.8 Å². The Labute approximate surface area is 275 Å². The predicted molar refractivity (Wildman–Crippen MR) is 178 cm³/mol. The molecule has 2 aromatic carbocycles. The first-order chi connectivity index (χ1) is 21.2. The van der Waals surface area contributed by atoms with Crippen molar-refractivity contribution in [2.75, 3.05) is 38.3 Å². The maximum Gasteiger partial charge on any atom is 0.227 e. The van der Waals surface area contributed by atoms with Crippen molar-refractivity contribution in [1.82, 2.24) is 9.88 Å². The molecule has 10 heteroatoms. The Morgan fingerprint density at radius 1 is 1.07 bits per heavy atom. The molecule has 1 aromatic heterocycles. The van der Waals surface area contributed by atoms with Crippen LogP contribution in [0.4, 0.5) is 5.82 Å². The molecule has 1 amide bonds. The highest BCUT2D eigenvalue weighted by molar-refractivity contribution is 6.37. The van der Waals surface area contributed by atoms with Gasteiger partial charge >= 0.3 is 0 Å². The normalized spacial score (nSPS) is 17.1. The van der Waals surface area contributed by atoms with Gasteiger partial charge in [-0.05, 0) is 85.5 Å². The third-order valence-corrected chi connectivity index (χ3v) is 9.29. The lowest BCUT2D eigenvalue weighted by molar-refractivity contribution is -0.136. The molecule has 2 heterocycles. The van der Waals surface area contributed by atoms with Crippen LogP contribution in [0.15, 0.2) is 48.7 Å². The van der Waals surface area contributed by atoms with Gasteiger partial charge in [-0.2, -0.15) is 0 Å². The quantitative estimate of drug-likeness (QED) is 0.190. The van der Waals surface area contributed by atoms with E-state index in [0.717, 1.165) is 61.2 Å². The van der Waals surface area contributed by atoms with Crippen molar-refractivity contribution in [3.05, 3.63) is 86.0 Å². The smallest absolute Gasteiger partial charge is 0.227 e. The highest BCUT2D eigenvalue weighted by Gasteiger charge is 2.36. The standard InChI is InChI=1S/C34H41Cl3N4O3/c1-22-14-30(36)33(31(37)15-22)44-28-11-12-40(21-28)32-10-6-24(19-39-32)17-25(18-38)34(42)41(27-7-8-27)20-26-16-23(4-3-13-43-2)5-9-29(26)35/h5-6,9-10,14-16,19,25,27-28H,3-4,7-8,11-13,17-18,20-21,38H2,1-2H3. The zero-order valence-corrected chi connectivity index (χ0v) is 27.7. The van der Waals surface area contributed by atoms with Crippen LogP contribution in [-0.4, -0.2) is 61.3 Å². The summed E-state index contributed by atoms with van der Waals surface area (Å²) in [7, 11) is 1.71. The van der Waals surface area contributed by atoms with Gasteiger partial charge in [-0.3, -0.25) is 4.79 Å². The molecule has 5 rings (SSSR count). The van der Waals surface area contributed by atoms with Crippen molar-refractivity contribution in [2.45, 2.75) is 64.1 Å². The second-order valence-corrected chi connectivity index (χ2v) is 13.1. The first-order valence-corrected chi connectivity index (χ1v) is 16.5. The molecule has 1 saturated heterocycles. The SMILES string of the molecule is COCCCc1ccc(Cl)c(CN(C(=O)C(CN)Cc2ccc(N3CCC(Oc4c(Cl)cc(C)cc4Cl)C3)nc2)C2CC2)c1. The highest BCUT2D eigenvalue weighted by Crippen LogP contribution is 2.36. The number of methoxy groups -OCH3 is 1. The van der Waals surface area contributed by atoms with Gasteiger partial charge in [-0.1, -0.05) is 53.0 Å². The molecule has 2 fully saturated rings. The van der Waals surface area contributed by atoms with Crippen LogP contribution in [0.25, 0.3) is 0 Å². The van der Waals surface area contributed by atoms with E-state index in [-0.39, 0.29) is 30.5 Å². The van der Waals surface area contributed by atoms with E-state index >= 15 is 0 Å². The molecule has 3 aromatic rings. The number of aryl methyl sites for hydroxylation is 2. The average molecular weight is 660 g/mol. The van der Waals surface area contributed by atoms with Crippen molar-refractivity contribution < 1.29 is 14.3 Å². The Kier molecular flexibility index (Phi) is 11.3. The molecule has 0 radical (unpaired) electrons. The van der Waals surface area contributed by atoms with Crippen LogP contribution in [0.2, 0.25) is 15.1 Å². The number of hydrogen-bond donors (Lipinski definition) is 1. The number of amides is 1. The van der Waals surface area contributed by atoms with Crippen molar-refractivity contribution in [3.8, 4) is 5.75 Å². The van der Waals surface area contributed by atoms with Gasteiger partial charge in [0.15, 0.2) is 5.75 Å². The maximum absolute atomic E-state index is 13.8.